The van der Waals surface area contributed by atoms with Crippen LogP contribution < -0.4 is 11.1 Å². The smallest absolute Gasteiger partial charge is 0.321 e. The second-order valence-electron chi connectivity index (χ2n) is 9.80. The number of rotatable bonds is 5. The van der Waals surface area contributed by atoms with Gasteiger partial charge in [-0.05, 0) is 81.1 Å². The molecule has 0 aromatic heterocycles. The summed E-state index contributed by atoms with van der Waals surface area (Å²) >= 11 is 0. The maximum Gasteiger partial charge on any atom is 0.321 e. The van der Waals surface area contributed by atoms with Crippen molar-refractivity contribution in [1.82, 2.24) is 20.0 Å². The number of allylic oxidation sites excluding steroid dienone is 3. The van der Waals surface area contributed by atoms with Crippen molar-refractivity contribution >= 4 is 11.6 Å². The number of carbonyl (C=O) groups is 1. The molecule has 3 N–H and O–H groups in total. The van der Waals surface area contributed by atoms with E-state index < -0.39 is 0 Å². The Morgan fingerprint density at radius 1 is 1.09 bits per heavy atom. The first-order chi connectivity index (χ1) is 15.8. The van der Waals surface area contributed by atoms with Crippen molar-refractivity contribution in [2.45, 2.75) is 25.8 Å². The van der Waals surface area contributed by atoms with Gasteiger partial charge in [0, 0.05) is 32.2 Å². The van der Waals surface area contributed by atoms with Gasteiger partial charge in [0.05, 0.1) is 11.4 Å². The molecular formula is C26H36FN5O. The number of likely N-dealkylation sites (tertiary alicyclic amines) is 3. The van der Waals surface area contributed by atoms with Crippen molar-refractivity contribution < 1.29 is 9.18 Å². The van der Waals surface area contributed by atoms with E-state index in [-0.39, 0.29) is 11.8 Å². The minimum absolute atomic E-state index is 0.129. The van der Waals surface area contributed by atoms with Gasteiger partial charge in [0.15, 0.2) is 0 Å². The number of benzene rings is 1. The molecule has 3 aliphatic rings. The van der Waals surface area contributed by atoms with Gasteiger partial charge in [0.25, 0.3) is 0 Å². The lowest BCUT2D eigenvalue weighted by molar-refractivity contribution is 0.131. The molecule has 6 nitrogen and oxygen atoms in total. The van der Waals surface area contributed by atoms with Crippen molar-refractivity contribution in [3.63, 3.8) is 0 Å². The molecule has 2 amide bonds. The Morgan fingerprint density at radius 3 is 2.30 bits per heavy atom. The summed E-state index contributed by atoms with van der Waals surface area (Å²) in [5.41, 5.74) is 8.78. The molecule has 3 heterocycles. The summed E-state index contributed by atoms with van der Waals surface area (Å²) in [6.45, 7) is 12.0. The lowest BCUT2D eigenvalue weighted by Gasteiger charge is -2.35. The minimum atomic E-state index is -0.265. The van der Waals surface area contributed by atoms with Crippen molar-refractivity contribution in [3.05, 3.63) is 65.8 Å². The van der Waals surface area contributed by atoms with Crippen LogP contribution in [0.4, 0.5) is 9.18 Å². The fourth-order valence-corrected chi connectivity index (χ4v) is 5.26. The van der Waals surface area contributed by atoms with Gasteiger partial charge in [0.2, 0.25) is 0 Å². The molecule has 0 bridgehead atoms. The van der Waals surface area contributed by atoms with Crippen molar-refractivity contribution in [3.8, 4) is 0 Å². The Labute approximate surface area is 196 Å². The first kappa shape index (κ1) is 23.5. The number of hydrogen-bond donors (Lipinski definition) is 2. The number of hydrogen-bond acceptors (Lipinski definition) is 4. The Bertz CT molecular complexity index is 919. The van der Waals surface area contributed by atoms with Gasteiger partial charge < -0.3 is 20.9 Å². The third kappa shape index (κ3) is 5.65. The van der Waals surface area contributed by atoms with Crippen LogP contribution in [0.1, 0.15) is 25.3 Å². The summed E-state index contributed by atoms with van der Waals surface area (Å²) < 4.78 is 13.1. The van der Waals surface area contributed by atoms with Gasteiger partial charge in [-0.1, -0.05) is 24.8 Å². The first-order valence-corrected chi connectivity index (χ1v) is 11.9. The number of halogens is 1. The third-order valence-electron chi connectivity index (χ3n) is 7.42. The quantitative estimate of drug-likeness (QED) is 0.672. The Hall–Kier alpha value is -2.64. The van der Waals surface area contributed by atoms with Crippen LogP contribution >= 0.6 is 0 Å². The molecular weight excluding hydrogens is 417 g/mol. The number of nitrogens with zero attached hydrogens (tertiary/aromatic N) is 3. The molecule has 1 aromatic rings. The van der Waals surface area contributed by atoms with Gasteiger partial charge in [0.1, 0.15) is 5.82 Å². The average molecular weight is 454 g/mol. The van der Waals surface area contributed by atoms with Gasteiger partial charge >= 0.3 is 6.03 Å². The van der Waals surface area contributed by atoms with Gasteiger partial charge in [-0.2, -0.15) is 0 Å². The van der Waals surface area contributed by atoms with E-state index in [4.69, 9.17) is 5.73 Å². The predicted octanol–water partition coefficient (Wildman–Crippen LogP) is 3.25. The standard InChI is InChI=1S/C26H36FN5O/c1-18(20-5-7-23(27)8-6-20)4-9-25(28)19(2)29-26(33)32-16-21-14-31(15-22(21)17-32)24-10-12-30(3)13-11-24/h4-9,21-22,24H,2,10-17,28H2,1,3H3,(H,29,33)/b18-4+,25-9+. The first-order valence-electron chi connectivity index (χ1n) is 11.9. The largest absolute Gasteiger partial charge is 0.397 e. The summed E-state index contributed by atoms with van der Waals surface area (Å²) in [7, 11) is 2.20. The molecule has 3 saturated heterocycles. The zero-order valence-corrected chi connectivity index (χ0v) is 19.8. The van der Waals surface area contributed by atoms with Crippen LogP contribution in [0.3, 0.4) is 0 Å². The van der Waals surface area contributed by atoms with Crippen LogP contribution in [-0.4, -0.2) is 73.1 Å². The van der Waals surface area contributed by atoms with Crippen molar-refractivity contribution in [2.75, 3.05) is 46.3 Å². The number of nitrogens with two attached hydrogens (primary N) is 1. The van der Waals surface area contributed by atoms with Gasteiger partial charge in [-0.3, -0.25) is 4.90 Å². The molecule has 2 unspecified atom stereocenters. The fourth-order valence-electron chi connectivity index (χ4n) is 5.26. The van der Waals surface area contributed by atoms with E-state index in [0.29, 0.717) is 29.3 Å². The molecule has 178 valence electrons. The number of nitrogens with one attached hydrogen (secondary N) is 1. The molecule has 3 fully saturated rings. The molecule has 1 aromatic carbocycles. The molecule has 0 spiro atoms. The van der Waals surface area contributed by atoms with E-state index in [0.717, 1.165) is 37.3 Å². The number of amides is 2. The highest BCUT2D eigenvalue weighted by atomic mass is 19.1. The summed E-state index contributed by atoms with van der Waals surface area (Å²) in [6.07, 6.45) is 6.07. The van der Waals surface area contributed by atoms with Crippen LogP contribution in [0.25, 0.3) is 5.57 Å². The highest BCUT2D eigenvalue weighted by Crippen LogP contribution is 2.34. The second kappa shape index (κ2) is 10.1. The highest BCUT2D eigenvalue weighted by Gasteiger charge is 2.43. The zero-order valence-electron chi connectivity index (χ0n) is 19.8. The monoisotopic (exact) mass is 453 g/mol. The SMILES string of the molecule is C=C(NC(=O)N1CC2CN(C3CCN(C)CC3)CC2C1)/C(N)=C\C=C(/C)c1ccc(F)cc1. The minimum Gasteiger partial charge on any atom is -0.397 e. The van der Waals surface area contributed by atoms with Crippen LogP contribution in [0.5, 0.6) is 0 Å². The normalized spacial score (nSPS) is 25.4. The second-order valence-corrected chi connectivity index (χ2v) is 9.80. The van der Waals surface area contributed by atoms with E-state index in [1.54, 1.807) is 18.2 Å². The summed E-state index contributed by atoms with van der Waals surface area (Å²) in [4.78, 5) is 19.8. The molecule has 3 aliphatic heterocycles. The predicted molar refractivity (Wildman–Crippen MR) is 131 cm³/mol. The fraction of sp³-hybridized carbons (Fsp3) is 0.500. The number of urea groups is 1. The van der Waals surface area contributed by atoms with Crippen molar-refractivity contribution in [1.29, 1.82) is 0 Å². The van der Waals surface area contributed by atoms with Crippen LogP contribution in [0, 0.1) is 17.7 Å². The Morgan fingerprint density at radius 2 is 1.70 bits per heavy atom. The maximum atomic E-state index is 13.1. The van der Waals surface area contributed by atoms with Crippen molar-refractivity contribution in [2.24, 2.45) is 17.6 Å². The molecule has 33 heavy (non-hydrogen) atoms. The van der Waals surface area contributed by atoms with Gasteiger partial charge in [-0.25, -0.2) is 9.18 Å². The average Bonchev–Trinajstić information content (AvgIpc) is 3.38. The van der Waals surface area contributed by atoms with Crippen LogP contribution in [0.15, 0.2) is 54.4 Å². The Balaban J connectivity index is 1.26. The topological polar surface area (TPSA) is 64.8 Å². The summed E-state index contributed by atoms with van der Waals surface area (Å²) in [6, 6.07) is 6.87. The molecule has 7 heteroatoms. The zero-order chi connectivity index (χ0) is 23.5. The lowest BCUT2D eigenvalue weighted by Crippen LogP contribution is -2.45. The molecule has 0 radical (unpaired) electrons. The van der Waals surface area contributed by atoms with E-state index in [2.05, 4.69) is 28.7 Å². The lowest BCUT2D eigenvalue weighted by atomic mass is 10.0. The highest BCUT2D eigenvalue weighted by molar-refractivity contribution is 5.77. The maximum absolute atomic E-state index is 13.1. The van der Waals surface area contributed by atoms with Crippen LogP contribution in [0.2, 0.25) is 0 Å². The van der Waals surface area contributed by atoms with E-state index >= 15 is 0 Å². The van der Waals surface area contributed by atoms with E-state index in [9.17, 15) is 9.18 Å². The van der Waals surface area contributed by atoms with Gasteiger partial charge in [-0.15, -0.1) is 0 Å². The third-order valence-corrected chi connectivity index (χ3v) is 7.42. The number of fused-ring (bicyclic) bond motifs is 1. The van der Waals surface area contributed by atoms with E-state index in [1.807, 2.05) is 17.9 Å². The van der Waals surface area contributed by atoms with Crippen LogP contribution in [-0.2, 0) is 0 Å². The molecule has 0 aliphatic carbocycles. The number of piperidine rings is 1. The molecule has 0 saturated carbocycles. The van der Waals surface area contributed by atoms with E-state index in [1.165, 1.54) is 38.1 Å². The molecule has 2 atom stereocenters. The summed E-state index contributed by atoms with van der Waals surface area (Å²) in [5, 5.41) is 2.86. The molecule has 4 rings (SSSR count). The number of carbonyl (C=O) groups excluding carboxylic acids is 1. The summed E-state index contributed by atoms with van der Waals surface area (Å²) in [5.74, 6) is 0.842. The Kier molecular flexibility index (Phi) is 7.20.